The molecule has 0 spiro atoms. The summed E-state index contributed by atoms with van der Waals surface area (Å²) >= 11 is 0. The van der Waals surface area contributed by atoms with Crippen LogP contribution in [0.25, 0.3) is 0 Å². The zero-order chi connectivity index (χ0) is 19.3. The Balaban J connectivity index is 0.00000280. The van der Waals surface area contributed by atoms with E-state index >= 15 is 0 Å². The van der Waals surface area contributed by atoms with Crippen molar-refractivity contribution in [2.75, 3.05) is 32.7 Å². The third-order valence-corrected chi connectivity index (χ3v) is 5.60. The van der Waals surface area contributed by atoms with Gasteiger partial charge in [0.05, 0.1) is 6.54 Å². The van der Waals surface area contributed by atoms with E-state index in [1.165, 1.54) is 5.57 Å². The van der Waals surface area contributed by atoms with Crippen LogP contribution in [-0.4, -0.2) is 49.6 Å². The SMILES string of the molecule is C=C(C)CN1CCC(NC(=NCC2(c3ccccc3F)CC2)NCC)CC1.I. The zero-order valence-corrected chi connectivity index (χ0v) is 19.5. The Hall–Kier alpha value is -1.15. The van der Waals surface area contributed by atoms with Crippen LogP contribution >= 0.6 is 24.0 Å². The summed E-state index contributed by atoms with van der Waals surface area (Å²) in [6.45, 7) is 12.8. The van der Waals surface area contributed by atoms with Gasteiger partial charge in [0.1, 0.15) is 5.82 Å². The largest absolute Gasteiger partial charge is 0.357 e. The normalized spacial score (nSPS) is 19.6. The number of aliphatic imine (C=N–C) groups is 1. The van der Waals surface area contributed by atoms with E-state index in [0.717, 1.165) is 63.4 Å². The molecule has 1 aliphatic heterocycles. The smallest absolute Gasteiger partial charge is 0.191 e. The molecular formula is C22H34FIN4. The molecule has 2 N–H and O–H groups in total. The molecule has 0 bridgehead atoms. The minimum Gasteiger partial charge on any atom is -0.357 e. The number of guanidine groups is 1. The van der Waals surface area contributed by atoms with Crippen LogP contribution in [0.2, 0.25) is 0 Å². The second-order valence-corrected chi connectivity index (χ2v) is 8.11. The summed E-state index contributed by atoms with van der Waals surface area (Å²) in [6.07, 6.45) is 4.23. The fourth-order valence-corrected chi connectivity index (χ4v) is 3.92. The fourth-order valence-electron chi connectivity index (χ4n) is 3.92. The second-order valence-electron chi connectivity index (χ2n) is 8.11. The first-order valence-electron chi connectivity index (χ1n) is 10.2. The molecule has 28 heavy (non-hydrogen) atoms. The molecule has 1 saturated carbocycles. The van der Waals surface area contributed by atoms with Gasteiger partial charge >= 0.3 is 0 Å². The summed E-state index contributed by atoms with van der Waals surface area (Å²) in [5, 5.41) is 6.95. The molecule has 2 aliphatic rings. The number of likely N-dealkylation sites (tertiary alicyclic amines) is 1. The molecule has 2 fully saturated rings. The van der Waals surface area contributed by atoms with Gasteiger partial charge in [-0.3, -0.25) is 9.89 Å². The highest BCUT2D eigenvalue weighted by Crippen LogP contribution is 2.49. The van der Waals surface area contributed by atoms with E-state index in [1.54, 1.807) is 12.1 Å². The summed E-state index contributed by atoms with van der Waals surface area (Å²) in [6, 6.07) is 7.58. The average Bonchev–Trinajstić information content (AvgIpc) is 3.42. The van der Waals surface area contributed by atoms with E-state index in [-0.39, 0.29) is 35.2 Å². The van der Waals surface area contributed by atoms with Crippen LogP contribution in [0.1, 0.15) is 45.1 Å². The minimum atomic E-state index is -0.113. The molecule has 1 heterocycles. The van der Waals surface area contributed by atoms with Gasteiger partial charge in [-0.1, -0.05) is 30.4 Å². The van der Waals surface area contributed by atoms with Gasteiger partial charge in [-0.2, -0.15) is 0 Å². The van der Waals surface area contributed by atoms with Crippen molar-refractivity contribution in [1.82, 2.24) is 15.5 Å². The van der Waals surface area contributed by atoms with E-state index in [0.29, 0.717) is 12.6 Å². The monoisotopic (exact) mass is 500 g/mol. The second kappa shape index (κ2) is 10.6. The van der Waals surface area contributed by atoms with Crippen LogP contribution in [0.5, 0.6) is 0 Å². The fraction of sp³-hybridized carbons (Fsp3) is 0.591. The standard InChI is InChI=1S/C22H33FN4.HI/c1-4-24-21(26-18-9-13-27(14-10-18)15-17(2)3)25-16-22(11-12-22)19-7-5-6-8-20(19)23;/h5-8,18H,2,4,9-16H2,1,3H3,(H2,24,25,26);1H. The van der Waals surface area contributed by atoms with Crippen molar-refractivity contribution in [3.63, 3.8) is 0 Å². The molecule has 1 saturated heterocycles. The van der Waals surface area contributed by atoms with Crippen LogP contribution in [0.15, 0.2) is 41.4 Å². The molecule has 156 valence electrons. The van der Waals surface area contributed by atoms with Crippen molar-refractivity contribution >= 4 is 29.9 Å². The lowest BCUT2D eigenvalue weighted by Crippen LogP contribution is -2.49. The van der Waals surface area contributed by atoms with Gasteiger partial charge in [0.2, 0.25) is 0 Å². The number of benzene rings is 1. The van der Waals surface area contributed by atoms with E-state index in [1.807, 2.05) is 12.1 Å². The van der Waals surface area contributed by atoms with Crippen molar-refractivity contribution in [3.8, 4) is 0 Å². The Labute approximate surface area is 186 Å². The molecule has 0 amide bonds. The van der Waals surface area contributed by atoms with Crippen LogP contribution in [0.4, 0.5) is 4.39 Å². The van der Waals surface area contributed by atoms with E-state index < -0.39 is 0 Å². The lowest BCUT2D eigenvalue weighted by Gasteiger charge is -2.33. The van der Waals surface area contributed by atoms with Crippen LogP contribution in [-0.2, 0) is 5.41 Å². The zero-order valence-electron chi connectivity index (χ0n) is 17.1. The van der Waals surface area contributed by atoms with Gasteiger partial charge in [0.25, 0.3) is 0 Å². The highest BCUT2D eigenvalue weighted by Gasteiger charge is 2.45. The Morgan fingerprint density at radius 1 is 1.29 bits per heavy atom. The van der Waals surface area contributed by atoms with Gasteiger partial charge in [-0.25, -0.2) is 4.39 Å². The highest BCUT2D eigenvalue weighted by molar-refractivity contribution is 14.0. The molecule has 1 aliphatic carbocycles. The predicted octanol–water partition coefficient (Wildman–Crippen LogP) is 4.07. The number of halogens is 2. The van der Waals surface area contributed by atoms with E-state index in [9.17, 15) is 4.39 Å². The predicted molar refractivity (Wildman–Crippen MR) is 126 cm³/mol. The number of nitrogens with one attached hydrogen (secondary N) is 2. The maximum Gasteiger partial charge on any atom is 0.191 e. The molecule has 0 aromatic heterocycles. The van der Waals surface area contributed by atoms with Crippen molar-refractivity contribution in [1.29, 1.82) is 0 Å². The molecule has 6 heteroatoms. The molecule has 0 atom stereocenters. The lowest BCUT2D eigenvalue weighted by molar-refractivity contribution is 0.221. The van der Waals surface area contributed by atoms with Gasteiger partial charge in [-0.05, 0) is 51.2 Å². The van der Waals surface area contributed by atoms with Gasteiger partial charge in [0, 0.05) is 37.6 Å². The molecule has 0 radical (unpaired) electrons. The number of hydrogen-bond acceptors (Lipinski definition) is 2. The Kier molecular flexibility index (Phi) is 8.74. The van der Waals surface area contributed by atoms with Crippen molar-refractivity contribution in [3.05, 3.63) is 47.8 Å². The van der Waals surface area contributed by atoms with Gasteiger partial charge in [0.15, 0.2) is 5.96 Å². The lowest BCUT2D eigenvalue weighted by atomic mass is 9.95. The number of rotatable bonds is 7. The quantitative estimate of drug-likeness (QED) is 0.257. The topological polar surface area (TPSA) is 39.7 Å². The van der Waals surface area contributed by atoms with E-state index in [2.05, 4.69) is 36.0 Å². The summed E-state index contributed by atoms with van der Waals surface area (Å²) in [5.74, 6) is 0.756. The van der Waals surface area contributed by atoms with Gasteiger partial charge in [-0.15, -0.1) is 24.0 Å². The molecule has 0 unspecified atom stereocenters. The average molecular weight is 500 g/mol. The van der Waals surface area contributed by atoms with Gasteiger partial charge < -0.3 is 10.6 Å². The number of nitrogens with zero attached hydrogens (tertiary/aromatic N) is 2. The van der Waals surface area contributed by atoms with Crippen molar-refractivity contribution in [2.24, 2.45) is 4.99 Å². The van der Waals surface area contributed by atoms with Crippen molar-refractivity contribution in [2.45, 2.75) is 51.0 Å². The first-order chi connectivity index (χ1) is 13.0. The summed E-state index contributed by atoms with van der Waals surface area (Å²) < 4.78 is 14.2. The van der Waals surface area contributed by atoms with Crippen LogP contribution in [0, 0.1) is 5.82 Å². The minimum absolute atomic E-state index is 0. The molecular weight excluding hydrogens is 466 g/mol. The van der Waals surface area contributed by atoms with Crippen LogP contribution in [0.3, 0.4) is 0 Å². The third kappa shape index (κ3) is 6.17. The first kappa shape index (κ1) is 23.1. The van der Waals surface area contributed by atoms with Crippen molar-refractivity contribution < 1.29 is 4.39 Å². The number of piperidine rings is 1. The Bertz CT molecular complexity index is 679. The third-order valence-electron chi connectivity index (χ3n) is 5.60. The Morgan fingerprint density at radius 3 is 2.54 bits per heavy atom. The Morgan fingerprint density at radius 2 is 1.96 bits per heavy atom. The molecule has 1 aromatic carbocycles. The van der Waals surface area contributed by atoms with E-state index in [4.69, 9.17) is 4.99 Å². The first-order valence-corrected chi connectivity index (χ1v) is 10.2. The molecule has 3 rings (SSSR count). The van der Waals surface area contributed by atoms with Crippen LogP contribution < -0.4 is 10.6 Å². The maximum atomic E-state index is 14.2. The maximum absolute atomic E-state index is 14.2. The molecule has 1 aromatic rings. The summed E-state index contributed by atoms with van der Waals surface area (Å²) in [4.78, 5) is 7.29. The molecule has 4 nitrogen and oxygen atoms in total. The summed E-state index contributed by atoms with van der Waals surface area (Å²) in [5.41, 5.74) is 1.93. The highest BCUT2D eigenvalue weighted by atomic mass is 127. The number of hydrogen-bond donors (Lipinski definition) is 2. The summed E-state index contributed by atoms with van der Waals surface area (Å²) in [7, 11) is 0.